The van der Waals surface area contributed by atoms with E-state index >= 15 is 0 Å². The maximum absolute atomic E-state index is 11.1. The molecule has 0 saturated heterocycles. The third kappa shape index (κ3) is 4.05. The van der Waals surface area contributed by atoms with Gasteiger partial charge in [-0.1, -0.05) is 30.3 Å². The van der Waals surface area contributed by atoms with Crippen molar-refractivity contribution in [3.8, 4) is 17.4 Å². The molecule has 0 fully saturated rings. The van der Waals surface area contributed by atoms with Crippen molar-refractivity contribution in [1.82, 2.24) is 9.55 Å². The van der Waals surface area contributed by atoms with Gasteiger partial charge in [-0.2, -0.15) is 4.98 Å². The van der Waals surface area contributed by atoms with Gasteiger partial charge in [-0.05, 0) is 49.2 Å². The number of ether oxygens (including phenoxy) is 2. The van der Waals surface area contributed by atoms with Crippen LogP contribution in [0.1, 0.15) is 36.0 Å². The van der Waals surface area contributed by atoms with Crippen LogP contribution in [0.15, 0.2) is 60.7 Å². The fourth-order valence-electron chi connectivity index (χ4n) is 4.53. The number of hydrogen-bond acceptors (Lipinski definition) is 5. The van der Waals surface area contributed by atoms with Gasteiger partial charge in [0.2, 0.25) is 0 Å². The second-order valence-corrected chi connectivity index (χ2v) is 8.42. The van der Waals surface area contributed by atoms with Gasteiger partial charge in [0.1, 0.15) is 5.75 Å². The average Bonchev–Trinajstić information content (AvgIpc) is 3.39. The zero-order valence-electron chi connectivity index (χ0n) is 19.2. The molecule has 0 spiro atoms. The first-order chi connectivity index (χ1) is 16.5. The molecule has 0 amide bonds. The van der Waals surface area contributed by atoms with Crippen molar-refractivity contribution in [2.24, 2.45) is 0 Å². The number of nitrogens with one attached hydrogen (secondary N) is 1. The number of hydrogen-bond donors (Lipinski definition) is 2. The third-order valence-corrected chi connectivity index (χ3v) is 6.26. The number of aromatic nitrogens is 2. The Morgan fingerprint density at radius 1 is 1.21 bits per heavy atom. The first kappa shape index (κ1) is 21.8. The average molecular weight is 458 g/mol. The molecular formula is C27H27N3O4. The topological polar surface area (TPSA) is 85.6 Å². The molecule has 3 aromatic carbocycles. The molecule has 34 heavy (non-hydrogen) atoms. The predicted octanol–water partition coefficient (Wildman–Crippen LogP) is 5.30. The highest BCUT2D eigenvalue weighted by Gasteiger charge is 2.26. The fourth-order valence-corrected chi connectivity index (χ4v) is 4.53. The second-order valence-electron chi connectivity index (χ2n) is 8.42. The smallest absolute Gasteiger partial charge is 0.304 e. The Labute approximate surface area is 198 Å². The van der Waals surface area contributed by atoms with E-state index in [0.717, 1.165) is 44.8 Å². The zero-order chi connectivity index (χ0) is 23.7. The summed E-state index contributed by atoms with van der Waals surface area (Å²) in [6, 6.07) is 20.8. The molecule has 0 unspecified atom stereocenters. The first-order valence-electron chi connectivity index (χ1n) is 11.5. The highest BCUT2D eigenvalue weighted by atomic mass is 16.5. The molecule has 0 bridgehead atoms. The molecule has 7 nitrogen and oxygen atoms in total. The molecule has 2 heterocycles. The number of carboxylic acids is 1. The van der Waals surface area contributed by atoms with E-state index in [-0.39, 0.29) is 12.3 Å². The number of rotatable bonds is 8. The van der Waals surface area contributed by atoms with Crippen LogP contribution in [0.5, 0.6) is 11.8 Å². The molecule has 1 aromatic heterocycles. The number of para-hydroxylation sites is 2. The van der Waals surface area contributed by atoms with E-state index in [4.69, 9.17) is 14.6 Å². The number of imidazole rings is 1. The van der Waals surface area contributed by atoms with E-state index in [1.54, 1.807) is 0 Å². The quantitative estimate of drug-likeness (QED) is 0.374. The molecular weight excluding hydrogens is 430 g/mol. The maximum atomic E-state index is 11.1. The minimum absolute atomic E-state index is 0.0818. The summed E-state index contributed by atoms with van der Waals surface area (Å²) in [5, 5.41) is 12.6. The highest BCUT2D eigenvalue weighted by molar-refractivity contribution is 5.79. The summed E-state index contributed by atoms with van der Waals surface area (Å²) in [4.78, 5) is 15.8. The van der Waals surface area contributed by atoms with Crippen molar-refractivity contribution < 1.29 is 19.4 Å². The van der Waals surface area contributed by atoms with Crippen molar-refractivity contribution in [3.63, 3.8) is 0 Å². The van der Waals surface area contributed by atoms with Crippen LogP contribution >= 0.6 is 0 Å². The number of anilines is 1. The molecule has 4 aromatic rings. The summed E-state index contributed by atoms with van der Waals surface area (Å²) in [7, 11) is 0. The van der Waals surface area contributed by atoms with Gasteiger partial charge in [0.05, 0.1) is 36.4 Å². The number of aliphatic carboxylic acids is 1. The van der Waals surface area contributed by atoms with Gasteiger partial charge in [0.25, 0.3) is 0 Å². The van der Waals surface area contributed by atoms with Gasteiger partial charge in [-0.25, -0.2) is 0 Å². The zero-order valence-corrected chi connectivity index (χ0v) is 19.2. The van der Waals surface area contributed by atoms with Gasteiger partial charge < -0.3 is 19.9 Å². The standard InChI is InChI=1S/C27H27N3O4/c1-3-33-27-29-22-8-4-5-9-24(22)30(27)23-10-6-7-18(17(23)2)15-28-20-11-12-21-19(13-26(31)32)16-34-25(21)14-20/h4-12,14,19,28H,3,13,15-16H2,1-2H3,(H,31,32)/t19-/m1/s1. The van der Waals surface area contributed by atoms with Crippen LogP contribution in [-0.2, 0) is 11.3 Å². The van der Waals surface area contributed by atoms with Crippen LogP contribution in [0.4, 0.5) is 5.69 Å². The lowest BCUT2D eigenvalue weighted by atomic mass is 9.98. The number of carboxylic acid groups (broad SMARTS) is 1. The Bertz CT molecular complexity index is 1360. The summed E-state index contributed by atoms with van der Waals surface area (Å²) in [6.07, 6.45) is 0.0818. The molecule has 0 aliphatic carbocycles. The minimum Gasteiger partial charge on any atom is -0.493 e. The first-order valence-corrected chi connectivity index (χ1v) is 11.5. The molecule has 1 aliphatic heterocycles. The van der Waals surface area contributed by atoms with Crippen LogP contribution in [-0.4, -0.2) is 33.8 Å². The van der Waals surface area contributed by atoms with Crippen molar-refractivity contribution in [2.75, 3.05) is 18.5 Å². The molecule has 0 radical (unpaired) electrons. The van der Waals surface area contributed by atoms with E-state index in [1.165, 1.54) is 0 Å². The molecule has 174 valence electrons. The Kier molecular flexibility index (Phi) is 5.84. The number of nitrogens with zero attached hydrogens (tertiary/aromatic N) is 2. The van der Waals surface area contributed by atoms with Crippen molar-refractivity contribution in [3.05, 3.63) is 77.4 Å². The van der Waals surface area contributed by atoms with Crippen LogP contribution in [0.25, 0.3) is 16.7 Å². The summed E-state index contributed by atoms with van der Waals surface area (Å²) in [6.45, 7) is 5.65. The molecule has 1 atom stereocenters. The lowest BCUT2D eigenvalue weighted by molar-refractivity contribution is -0.137. The van der Waals surface area contributed by atoms with Gasteiger partial charge in [-0.15, -0.1) is 0 Å². The van der Waals surface area contributed by atoms with E-state index in [9.17, 15) is 4.79 Å². The fraction of sp³-hybridized carbons (Fsp3) is 0.259. The SMILES string of the molecule is CCOc1nc2ccccc2n1-c1cccc(CNc2ccc3c(c2)OC[C@H]3CC(=O)O)c1C. The molecule has 5 rings (SSSR count). The molecule has 1 aliphatic rings. The number of carbonyl (C=O) groups is 1. The predicted molar refractivity (Wildman–Crippen MR) is 131 cm³/mol. The summed E-state index contributed by atoms with van der Waals surface area (Å²) in [5.41, 5.74) is 7.12. The van der Waals surface area contributed by atoms with Crippen molar-refractivity contribution >= 4 is 22.7 Å². The Morgan fingerprint density at radius 3 is 2.88 bits per heavy atom. The Hall–Kier alpha value is -4.00. The molecule has 2 N–H and O–H groups in total. The van der Waals surface area contributed by atoms with Crippen LogP contribution in [0.2, 0.25) is 0 Å². The van der Waals surface area contributed by atoms with Crippen LogP contribution in [0.3, 0.4) is 0 Å². The second kappa shape index (κ2) is 9.09. The van der Waals surface area contributed by atoms with E-state index in [0.29, 0.717) is 25.8 Å². The lowest BCUT2D eigenvalue weighted by Crippen LogP contribution is -2.07. The number of benzene rings is 3. The largest absolute Gasteiger partial charge is 0.493 e. The van der Waals surface area contributed by atoms with Crippen LogP contribution in [0, 0.1) is 6.92 Å². The normalized spacial score (nSPS) is 14.6. The third-order valence-electron chi connectivity index (χ3n) is 6.26. The highest BCUT2D eigenvalue weighted by Crippen LogP contribution is 2.38. The molecule has 7 heteroatoms. The van der Waals surface area contributed by atoms with Gasteiger partial charge in [-0.3, -0.25) is 9.36 Å². The minimum atomic E-state index is -0.808. The summed E-state index contributed by atoms with van der Waals surface area (Å²) >= 11 is 0. The van der Waals surface area contributed by atoms with E-state index in [2.05, 4.69) is 40.0 Å². The van der Waals surface area contributed by atoms with Gasteiger partial charge in [0.15, 0.2) is 0 Å². The van der Waals surface area contributed by atoms with Gasteiger partial charge in [0, 0.05) is 29.8 Å². The van der Waals surface area contributed by atoms with Crippen molar-refractivity contribution in [2.45, 2.75) is 32.7 Å². The summed E-state index contributed by atoms with van der Waals surface area (Å²) in [5.74, 6) is -0.143. The lowest BCUT2D eigenvalue weighted by Gasteiger charge is -2.16. The maximum Gasteiger partial charge on any atom is 0.304 e. The monoisotopic (exact) mass is 457 g/mol. The van der Waals surface area contributed by atoms with Gasteiger partial charge >= 0.3 is 12.0 Å². The number of fused-ring (bicyclic) bond motifs is 2. The Morgan fingerprint density at radius 2 is 2.06 bits per heavy atom. The molecule has 0 saturated carbocycles. The van der Waals surface area contributed by atoms with Crippen LogP contribution < -0.4 is 14.8 Å². The van der Waals surface area contributed by atoms with E-state index in [1.807, 2.05) is 49.4 Å². The van der Waals surface area contributed by atoms with Crippen molar-refractivity contribution in [1.29, 1.82) is 0 Å². The summed E-state index contributed by atoms with van der Waals surface area (Å²) < 4.78 is 13.7. The Balaban J connectivity index is 1.40. The van der Waals surface area contributed by atoms with E-state index < -0.39 is 5.97 Å².